The van der Waals surface area contributed by atoms with E-state index in [4.69, 9.17) is 35.3 Å². The van der Waals surface area contributed by atoms with Crippen LogP contribution in [0.25, 0.3) is 0 Å². The zero-order valence-corrected chi connectivity index (χ0v) is 11.6. The van der Waals surface area contributed by atoms with Crippen molar-refractivity contribution in [2.24, 2.45) is 5.73 Å². The van der Waals surface area contributed by atoms with Gasteiger partial charge in [0, 0.05) is 11.6 Å². The number of aliphatic carboxylic acids is 1. The molecule has 1 atom stereocenters. The van der Waals surface area contributed by atoms with Crippen molar-refractivity contribution in [1.82, 2.24) is 0 Å². The summed E-state index contributed by atoms with van der Waals surface area (Å²) in [5, 5.41) is 26.7. The third-order valence-electron chi connectivity index (χ3n) is 2.63. The van der Waals surface area contributed by atoms with Gasteiger partial charge in [-0.2, -0.15) is 0 Å². The van der Waals surface area contributed by atoms with Crippen molar-refractivity contribution in [2.75, 3.05) is 20.8 Å². The molecule has 5 N–H and O–H groups in total. The lowest BCUT2D eigenvalue weighted by Crippen LogP contribution is -2.15. The van der Waals surface area contributed by atoms with Gasteiger partial charge in [0.1, 0.15) is 12.0 Å². The van der Waals surface area contributed by atoms with E-state index in [9.17, 15) is 4.79 Å². The van der Waals surface area contributed by atoms with Crippen LogP contribution >= 0.6 is 0 Å². The van der Waals surface area contributed by atoms with Crippen molar-refractivity contribution >= 4 is 5.97 Å². The van der Waals surface area contributed by atoms with Crippen LogP contribution in [0, 0.1) is 0 Å². The summed E-state index contributed by atoms with van der Waals surface area (Å²) in [6, 6.07) is 2.24. The Morgan fingerprint density at radius 2 is 1.86 bits per heavy atom. The molecule has 8 nitrogen and oxygen atoms in total. The molecule has 1 aromatic rings. The maximum absolute atomic E-state index is 10.5. The molecule has 0 aliphatic carbocycles. The minimum atomic E-state index is -1.53. The first-order chi connectivity index (χ1) is 9.94. The summed E-state index contributed by atoms with van der Waals surface area (Å²) in [5.41, 5.74) is 6.25. The van der Waals surface area contributed by atoms with Crippen LogP contribution in [-0.4, -0.2) is 42.1 Å². The Morgan fingerprint density at radius 3 is 2.33 bits per heavy atom. The van der Waals surface area contributed by atoms with E-state index in [0.29, 0.717) is 17.6 Å². The molecule has 1 rings (SSSR count). The average Bonchev–Trinajstić information content (AvgIpc) is 2.50. The van der Waals surface area contributed by atoms with Crippen molar-refractivity contribution in [1.29, 1.82) is 0 Å². The molecule has 0 aromatic heterocycles. The van der Waals surface area contributed by atoms with E-state index < -0.39 is 17.8 Å². The number of ether oxygens (including phenoxy) is 3. The zero-order valence-electron chi connectivity index (χ0n) is 11.6. The minimum Gasteiger partial charge on any atom is -0.500 e. The number of carbonyl (C=O) groups is 1. The highest BCUT2D eigenvalue weighted by Gasteiger charge is 2.17. The van der Waals surface area contributed by atoms with E-state index in [1.165, 1.54) is 26.4 Å². The van der Waals surface area contributed by atoms with Gasteiger partial charge in [0.25, 0.3) is 0 Å². The number of carboxylic acid groups (broad SMARTS) is 1. The fourth-order valence-corrected chi connectivity index (χ4v) is 1.54. The number of nitrogens with two attached hydrogens (primary N) is 1. The van der Waals surface area contributed by atoms with Gasteiger partial charge < -0.3 is 35.3 Å². The van der Waals surface area contributed by atoms with Crippen LogP contribution in [0.1, 0.15) is 11.6 Å². The summed E-state index contributed by atoms with van der Waals surface area (Å²) >= 11 is 0. The molecular weight excluding hydrogens is 282 g/mol. The van der Waals surface area contributed by atoms with E-state index in [0.717, 1.165) is 0 Å². The molecule has 0 bridgehead atoms. The van der Waals surface area contributed by atoms with Crippen LogP contribution in [0.15, 0.2) is 24.2 Å². The van der Waals surface area contributed by atoms with Gasteiger partial charge in [-0.15, -0.1) is 0 Å². The second-order valence-electron chi connectivity index (χ2n) is 3.96. The molecule has 0 radical (unpaired) electrons. The predicted molar refractivity (Wildman–Crippen MR) is 72.5 cm³/mol. The molecule has 0 amide bonds. The summed E-state index contributed by atoms with van der Waals surface area (Å²) in [5.74, 6) is -1.80. The smallest absolute Gasteiger partial charge is 0.374 e. The molecule has 0 heterocycles. The van der Waals surface area contributed by atoms with Gasteiger partial charge in [-0.3, -0.25) is 0 Å². The zero-order chi connectivity index (χ0) is 16.0. The van der Waals surface area contributed by atoms with Gasteiger partial charge >= 0.3 is 5.97 Å². The minimum absolute atomic E-state index is 0.121. The fraction of sp³-hybridized carbons (Fsp3) is 0.308. The normalized spacial score (nSPS) is 12.7. The molecule has 0 saturated heterocycles. The molecule has 0 spiro atoms. The van der Waals surface area contributed by atoms with Gasteiger partial charge in [0.15, 0.2) is 11.5 Å². The number of hydrogen-bond acceptors (Lipinski definition) is 7. The number of carboxylic acids is 1. The topological polar surface area (TPSA) is 131 Å². The summed E-state index contributed by atoms with van der Waals surface area (Å²) in [6.07, 6.45) is 0.658. The van der Waals surface area contributed by atoms with Crippen LogP contribution in [0.3, 0.4) is 0 Å². The van der Waals surface area contributed by atoms with Gasteiger partial charge in [-0.05, 0) is 6.07 Å². The molecule has 0 aliphatic heterocycles. The Morgan fingerprint density at radius 1 is 1.24 bits per heavy atom. The Labute approximate surface area is 121 Å². The fourth-order valence-electron chi connectivity index (χ4n) is 1.54. The molecule has 116 valence electrons. The first-order valence-electron chi connectivity index (χ1n) is 5.86. The van der Waals surface area contributed by atoms with Crippen LogP contribution in [0.4, 0.5) is 0 Å². The van der Waals surface area contributed by atoms with Crippen molar-refractivity contribution in [3.8, 4) is 17.2 Å². The average molecular weight is 299 g/mol. The number of methoxy groups -OCH3 is 2. The number of benzene rings is 1. The maximum Gasteiger partial charge on any atom is 0.374 e. The molecular formula is C13H17NO7. The van der Waals surface area contributed by atoms with Crippen LogP contribution in [0.2, 0.25) is 0 Å². The highest BCUT2D eigenvalue weighted by atomic mass is 16.5. The summed E-state index contributed by atoms with van der Waals surface area (Å²) < 4.78 is 15.3. The van der Waals surface area contributed by atoms with Gasteiger partial charge in [0.2, 0.25) is 5.76 Å². The predicted octanol–water partition coefficient (Wildman–Crippen LogP) is 0.559. The summed E-state index contributed by atoms with van der Waals surface area (Å²) in [6.45, 7) is -0.292. The highest BCUT2D eigenvalue weighted by Crippen LogP contribution is 2.37. The van der Waals surface area contributed by atoms with Crippen molar-refractivity contribution in [3.63, 3.8) is 0 Å². The third-order valence-corrected chi connectivity index (χ3v) is 2.63. The van der Waals surface area contributed by atoms with Crippen molar-refractivity contribution < 1.29 is 34.3 Å². The first-order valence-corrected chi connectivity index (χ1v) is 5.86. The number of rotatable bonds is 7. The molecule has 1 unspecified atom stereocenters. The molecule has 21 heavy (non-hydrogen) atoms. The quantitative estimate of drug-likeness (QED) is 0.424. The lowest BCUT2D eigenvalue weighted by molar-refractivity contribution is -0.135. The van der Waals surface area contributed by atoms with Crippen molar-refractivity contribution in [3.05, 3.63) is 29.7 Å². The standard InChI is InChI=1S/C13H17NO7/c1-19-10-4-12(21-6-9(16)13(17)18)11(20-2)3-7(10)8(14)5-15/h3-4,6,8,15-16H,5,14H2,1-2H3,(H,17,18)/b9-6-. The number of aliphatic hydroxyl groups is 2. The van der Waals surface area contributed by atoms with Crippen molar-refractivity contribution in [2.45, 2.75) is 6.04 Å². The monoisotopic (exact) mass is 299 g/mol. The van der Waals surface area contributed by atoms with E-state index >= 15 is 0 Å². The largest absolute Gasteiger partial charge is 0.500 e. The first kappa shape index (κ1) is 16.6. The van der Waals surface area contributed by atoms with E-state index in [1.807, 2.05) is 0 Å². The van der Waals surface area contributed by atoms with Crippen LogP contribution in [0.5, 0.6) is 17.2 Å². The van der Waals surface area contributed by atoms with Gasteiger partial charge in [-0.25, -0.2) is 4.79 Å². The Bertz CT molecular complexity index is 542. The maximum atomic E-state index is 10.5. The van der Waals surface area contributed by atoms with E-state index in [2.05, 4.69) is 0 Å². The van der Waals surface area contributed by atoms with Gasteiger partial charge in [0.05, 0.1) is 26.9 Å². The van der Waals surface area contributed by atoms with Gasteiger partial charge in [-0.1, -0.05) is 0 Å². The molecule has 0 fully saturated rings. The molecule has 0 aliphatic rings. The van der Waals surface area contributed by atoms with Crippen LogP contribution in [-0.2, 0) is 4.79 Å². The molecule has 0 saturated carbocycles. The second-order valence-corrected chi connectivity index (χ2v) is 3.96. The lowest BCUT2D eigenvalue weighted by Gasteiger charge is -2.17. The number of aliphatic hydroxyl groups excluding tert-OH is 2. The molecule has 1 aromatic carbocycles. The third kappa shape index (κ3) is 4.01. The Kier molecular flexibility index (Phi) is 5.82. The van der Waals surface area contributed by atoms with E-state index in [-0.39, 0.29) is 18.1 Å². The second kappa shape index (κ2) is 7.36. The number of hydrogen-bond donors (Lipinski definition) is 4. The Balaban J connectivity index is 3.21. The SMILES string of the molecule is COc1cc(C(N)CO)c(OC)cc1O/C=C(\O)C(=O)O. The summed E-state index contributed by atoms with van der Waals surface area (Å²) in [7, 11) is 2.79. The highest BCUT2D eigenvalue weighted by molar-refractivity contribution is 5.83. The lowest BCUT2D eigenvalue weighted by atomic mass is 10.1. The molecule has 8 heteroatoms. The van der Waals surface area contributed by atoms with E-state index in [1.54, 1.807) is 0 Å². The summed E-state index contributed by atoms with van der Waals surface area (Å²) in [4.78, 5) is 10.5. The Hall–Kier alpha value is -2.45. The van der Waals surface area contributed by atoms with Crippen LogP contribution < -0.4 is 19.9 Å².